The Labute approximate surface area is 149 Å². The zero-order chi connectivity index (χ0) is 16.8. The van der Waals surface area contributed by atoms with Crippen molar-refractivity contribution in [1.29, 1.82) is 0 Å². The number of benzene rings is 1. The maximum absolute atomic E-state index is 11.7. The zero-order valence-corrected chi connectivity index (χ0v) is 14.6. The molecule has 2 rings (SSSR count). The summed E-state index contributed by atoms with van der Waals surface area (Å²) < 4.78 is 5.26. The lowest BCUT2D eigenvalue weighted by atomic mass is 9.96. The summed E-state index contributed by atoms with van der Waals surface area (Å²) in [5.41, 5.74) is 0. The number of ether oxygens (including phenoxy) is 1. The number of hydrogen-bond donors (Lipinski definition) is 2. The third-order valence-electron chi connectivity index (χ3n) is 3.53. The van der Waals surface area contributed by atoms with E-state index in [2.05, 4.69) is 10.6 Å². The van der Waals surface area contributed by atoms with Gasteiger partial charge in [-0.1, -0.05) is 54.1 Å². The topological polar surface area (TPSA) is 67.4 Å². The second-order valence-corrected chi connectivity index (χ2v) is 6.56. The molecule has 0 saturated heterocycles. The monoisotopic (exact) mass is 378 g/mol. The predicted octanol–water partition coefficient (Wildman–Crippen LogP) is 4.18. The fourth-order valence-corrected chi connectivity index (χ4v) is 2.98. The van der Waals surface area contributed by atoms with Crippen molar-refractivity contribution >= 4 is 46.7 Å². The third-order valence-corrected chi connectivity index (χ3v) is 4.54. The summed E-state index contributed by atoms with van der Waals surface area (Å²) in [6, 6.07) is 2.46. The first-order chi connectivity index (χ1) is 11.0. The highest BCUT2D eigenvalue weighted by atomic mass is 35.5. The van der Waals surface area contributed by atoms with E-state index in [9.17, 15) is 9.59 Å². The van der Waals surface area contributed by atoms with Gasteiger partial charge in [0.05, 0.1) is 15.1 Å². The number of halogens is 3. The van der Waals surface area contributed by atoms with E-state index in [1.54, 1.807) is 0 Å². The smallest absolute Gasteiger partial charge is 0.321 e. The van der Waals surface area contributed by atoms with Gasteiger partial charge in [0.2, 0.25) is 0 Å². The molecule has 0 radical (unpaired) electrons. The molecule has 8 heteroatoms. The number of urea groups is 1. The van der Waals surface area contributed by atoms with Crippen LogP contribution in [0.5, 0.6) is 5.75 Å². The van der Waals surface area contributed by atoms with Crippen molar-refractivity contribution in [3.05, 3.63) is 27.2 Å². The van der Waals surface area contributed by atoms with Crippen LogP contribution in [0.3, 0.4) is 0 Å². The fraction of sp³-hybridized carbons (Fsp3) is 0.467. The molecule has 0 bridgehead atoms. The van der Waals surface area contributed by atoms with Crippen LogP contribution in [0.2, 0.25) is 15.1 Å². The second-order valence-electron chi connectivity index (χ2n) is 5.34. The summed E-state index contributed by atoms with van der Waals surface area (Å²) in [4.78, 5) is 23.5. The molecule has 0 aromatic heterocycles. The van der Waals surface area contributed by atoms with E-state index in [1.807, 2.05) is 0 Å². The lowest BCUT2D eigenvalue weighted by molar-refractivity contribution is -0.122. The normalized spacial score (nSPS) is 15.1. The molecule has 5 nitrogen and oxygen atoms in total. The SMILES string of the molecule is O=C(COc1cc(Cl)c(Cl)cc1Cl)NC(=O)NC1CCCCC1. The van der Waals surface area contributed by atoms with Crippen LogP contribution in [0.25, 0.3) is 0 Å². The van der Waals surface area contributed by atoms with E-state index in [0.29, 0.717) is 5.02 Å². The minimum Gasteiger partial charge on any atom is -0.482 e. The average molecular weight is 380 g/mol. The molecular formula is C15H17Cl3N2O3. The molecule has 0 spiro atoms. The standard InChI is InChI=1S/C15H17Cl3N2O3/c16-10-6-12(18)13(7-11(10)17)23-8-14(21)20-15(22)19-9-4-2-1-3-5-9/h6-7,9H,1-5,8H2,(H2,19,20,21,22). The lowest BCUT2D eigenvalue weighted by Crippen LogP contribution is -2.46. The largest absolute Gasteiger partial charge is 0.482 e. The number of imide groups is 1. The van der Waals surface area contributed by atoms with Crippen LogP contribution >= 0.6 is 34.8 Å². The molecule has 0 heterocycles. The van der Waals surface area contributed by atoms with Gasteiger partial charge < -0.3 is 10.1 Å². The number of rotatable bonds is 4. The molecule has 1 saturated carbocycles. The maximum atomic E-state index is 11.7. The molecule has 1 aliphatic carbocycles. The average Bonchev–Trinajstić information content (AvgIpc) is 2.50. The third kappa shape index (κ3) is 5.75. The van der Waals surface area contributed by atoms with Gasteiger partial charge in [-0.25, -0.2) is 4.79 Å². The van der Waals surface area contributed by atoms with Crippen molar-refractivity contribution in [3.8, 4) is 5.75 Å². The Morgan fingerprint density at radius 1 is 1.04 bits per heavy atom. The molecule has 126 valence electrons. The van der Waals surface area contributed by atoms with Crippen molar-refractivity contribution < 1.29 is 14.3 Å². The van der Waals surface area contributed by atoms with Crippen LogP contribution in [-0.2, 0) is 4.79 Å². The van der Waals surface area contributed by atoms with Gasteiger partial charge in [0.15, 0.2) is 6.61 Å². The van der Waals surface area contributed by atoms with Gasteiger partial charge in [-0.05, 0) is 18.9 Å². The predicted molar refractivity (Wildman–Crippen MR) is 90.5 cm³/mol. The Hall–Kier alpha value is -1.17. The van der Waals surface area contributed by atoms with Gasteiger partial charge in [-0.2, -0.15) is 0 Å². The summed E-state index contributed by atoms with van der Waals surface area (Å²) in [6.07, 6.45) is 5.26. The molecule has 0 atom stereocenters. The first-order valence-electron chi connectivity index (χ1n) is 7.33. The van der Waals surface area contributed by atoms with Crippen LogP contribution in [-0.4, -0.2) is 24.6 Å². The first kappa shape index (κ1) is 18.2. The zero-order valence-electron chi connectivity index (χ0n) is 12.3. The molecule has 3 amide bonds. The Morgan fingerprint density at radius 3 is 2.39 bits per heavy atom. The van der Waals surface area contributed by atoms with Crippen molar-refractivity contribution in [1.82, 2.24) is 10.6 Å². The van der Waals surface area contributed by atoms with Gasteiger partial charge in [-0.15, -0.1) is 0 Å². The van der Waals surface area contributed by atoms with Crippen LogP contribution < -0.4 is 15.4 Å². The van der Waals surface area contributed by atoms with Gasteiger partial charge in [0.1, 0.15) is 5.75 Å². The van der Waals surface area contributed by atoms with E-state index in [0.717, 1.165) is 25.7 Å². The van der Waals surface area contributed by atoms with Crippen LogP contribution in [0.4, 0.5) is 4.79 Å². The molecule has 23 heavy (non-hydrogen) atoms. The molecule has 1 aliphatic rings. The summed E-state index contributed by atoms with van der Waals surface area (Å²) in [5, 5.41) is 5.80. The van der Waals surface area contributed by atoms with Crippen molar-refractivity contribution in [2.75, 3.05) is 6.61 Å². The number of nitrogens with one attached hydrogen (secondary N) is 2. The highest BCUT2D eigenvalue weighted by Crippen LogP contribution is 2.33. The summed E-state index contributed by atoms with van der Waals surface area (Å²) in [6.45, 7) is -0.351. The van der Waals surface area contributed by atoms with Crippen LogP contribution in [0.15, 0.2) is 12.1 Å². The van der Waals surface area contributed by atoms with E-state index in [1.165, 1.54) is 18.6 Å². The minimum absolute atomic E-state index is 0.127. The Balaban J connectivity index is 1.78. The number of carbonyl (C=O) groups is 2. The molecule has 2 N–H and O–H groups in total. The van der Waals surface area contributed by atoms with Gasteiger partial charge >= 0.3 is 6.03 Å². The highest BCUT2D eigenvalue weighted by molar-refractivity contribution is 6.43. The quantitative estimate of drug-likeness (QED) is 0.771. The van der Waals surface area contributed by atoms with E-state index >= 15 is 0 Å². The van der Waals surface area contributed by atoms with E-state index < -0.39 is 11.9 Å². The molecule has 1 aromatic rings. The van der Waals surface area contributed by atoms with Gasteiger partial charge in [0.25, 0.3) is 5.91 Å². The van der Waals surface area contributed by atoms with Crippen molar-refractivity contribution in [2.45, 2.75) is 38.1 Å². The van der Waals surface area contributed by atoms with E-state index in [4.69, 9.17) is 39.5 Å². The van der Waals surface area contributed by atoms with Crippen molar-refractivity contribution in [3.63, 3.8) is 0 Å². The van der Waals surface area contributed by atoms with Gasteiger partial charge in [0, 0.05) is 12.1 Å². The lowest BCUT2D eigenvalue weighted by Gasteiger charge is -2.22. The Kier molecular flexibility index (Phi) is 6.81. The number of hydrogen-bond acceptors (Lipinski definition) is 3. The molecule has 0 aliphatic heterocycles. The Bertz CT molecular complexity index is 590. The molecular weight excluding hydrogens is 363 g/mol. The van der Waals surface area contributed by atoms with E-state index in [-0.39, 0.29) is 28.4 Å². The van der Waals surface area contributed by atoms with Crippen LogP contribution in [0, 0.1) is 0 Å². The van der Waals surface area contributed by atoms with Gasteiger partial charge in [-0.3, -0.25) is 10.1 Å². The molecule has 1 fully saturated rings. The number of carbonyl (C=O) groups excluding carboxylic acids is 2. The molecule has 0 unspecified atom stereocenters. The molecule has 1 aromatic carbocycles. The highest BCUT2D eigenvalue weighted by Gasteiger charge is 2.17. The second kappa shape index (κ2) is 8.62. The first-order valence-corrected chi connectivity index (χ1v) is 8.47. The Morgan fingerprint density at radius 2 is 1.70 bits per heavy atom. The fourth-order valence-electron chi connectivity index (χ4n) is 2.39. The summed E-state index contributed by atoms with van der Waals surface area (Å²) >= 11 is 17.6. The van der Waals surface area contributed by atoms with Crippen molar-refractivity contribution in [2.24, 2.45) is 0 Å². The van der Waals surface area contributed by atoms with Crippen LogP contribution in [0.1, 0.15) is 32.1 Å². The summed E-state index contributed by atoms with van der Waals surface area (Å²) in [5.74, 6) is -0.343. The minimum atomic E-state index is -0.569. The summed E-state index contributed by atoms with van der Waals surface area (Å²) in [7, 11) is 0. The number of amides is 3. The maximum Gasteiger partial charge on any atom is 0.321 e.